The van der Waals surface area contributed by atoms with Gasteiger partial charge in [0.1, 0.15) is 12.4 Å². The van der Waals surface area contributed by atoms with Crippen molar-refractivity contribution >= 4 is 6.08 Å². The Balaban J connectivity index is 2.41. The second kappa shape index (κ2) is 5.72. The highest BCUT2D eigenvalue weighted by Gasteiger charge is 2.31. The van der Waals surface area contributed by atoms with Crippen molar-refractivity contribution in [1.29, 1.82) is 0 Å². The van der Waals surface area contributed by atoms with Gasteiger partial charge >= 0.3 is 6.18 Å². The molecule has 0 saturated carbocycles. The van der Waals surface area contributed by atoms with Gasteiger partial charge in [-0.25, -0.2) is 0 Å². The van der Waals surface area contributed by atoms with Crippen molar-refractivity contribution in [2.24, 2.45) is 0 Å². The van der Waals surface area contributed by atoms with E-state index < -0.39 is 18.7 Å². The molecule has 0 spiro atoms. The van der Waals surface area contributed by atoms with Crippen LogP contribution in [0.5, 0.6) is 5.75 Å². The van der Waals surface area contributed by atoms with Crippen molar-refractivity contribution in [2.75, 3.05) is 6.61 Å². The lowest BCUT2D eigenvalue weighted by molar-refractivity contribution is -0.156. The molecule has 94 valence electrons. The van der Waals surface area contributed by atoms with E-state index >= 15 is 0 Å². The first-order valence-electron chi connectivity index (χ1n) is 5.01. The van der Waals surface area contributed by atoms with E-state index in [-0.39, 0.29) is 6.61 Å². The summed E-state index contributed by atoms with van der Waals surface area (Å²) in [5, 5.41) is 9.09. The molecule has 2 nitrogen and oxygen atoms in total. The lowest BCUT2D eigenvalue weighted by Gasteiger charge is -2.14. The third-order valence-corrected chi connectivity index (χ3v) is 2.03. The second-order valence-electron chi connectivity index (χ2n) is 3.56. The normalized spacial score (nSPS) is 13.2. The number of aliphatic hydroxyl groups excluding tert-OH is 1. The number of ether oxygens (including phenoxy) is 1. The van der Waals surface area contributed by atoms with E-state index in [4.69, 9.17) is 9.84 Å². The third kappa shape index (κ3) is 5.40. The highest BCUT2D eigenvalue weighted by atomic mass is 19.4. The van der Waals surface area contributed by atoms with E-state index in [0.29, 0.717) is 5.75 Å². The van der Waals surface area contributed by atoms with Gasteiger partial charge < -0.3 is 9.84 Å². The second-order valence-corrected chi connectivity index (χ2v) is 3.56. The van der Waals surface area contributed by atoms with Crippen LogP contribution < -0.4 is 4.74 Å². The number of benzene rings is 1. The molecule has 1 N–H and O–H groups in total. The largest absolute Gasteiger partial charge is 0.491 e. The summed E-state index contributed by atoms with van der Waals surface area (Å²) in [5.41, 5.74) is 0.883. The van der Waals surface area contributed by atoms with Crippen LogP contribution in [0.4, 0.5) is 13.2 Å². The number of halogens is 3. The first-order valence-corrected chi connectivity index (χ1v) is 5.01. The van der Waals surface area contributed by atoms with Crippen LogP contribution in [0.25, 0.3) is 6.08 Å². The number of hydrogen-bond acceptors (Lipinski definition) is 2. The summed E-state index contributed by atoms with van der Waals surface area (Å²) < 4.78 is 40.7. The van der Waals surface area contributed by atoms with Gasteiger partial charge in [0.15, 0.2) is 0 Å². The van der Waals surface area contributed by atoms with Crippen LogP contribution >= 0.6 is 0 Å². The Hall–Kier alpha value is -1.49. The minimum Gasteiger partial charge on any atom is -0.491 e. The Bertz CT molecular complexity index is 357. The first-order chi connectivity index (χ1) is 7.90. The minimum atomic E-state index is -4.38. The topological polar surface area (TPSA) is 29.5 Å². The monoisotopic (exact) mass is 246 g/mol. The molecule has 5 heteroatoms. The van der Waals surface area contributed by atoms with E-state index in [1.54, 1.807) is 30.3 Å². The van der Waals surface area contributed by atoms with Gasteiger partial charge in [-0.2, -0.15) is 13.2 Å². The van der Waals surface area contributed by atoms with E-state index in [2.05, 4.69) is 6.58 Å². The van der Waals surface area contributed by atoms with Crippen molar-refractivity contribution < 1.29 is 23.0 Å². The fraction of sp³-hybridized carbons (Fsp3) is 0.333. The molecule has 0 heterocycles. The Morgan fingerprint density at radius 3 is 2.35 bits per heavy atom. The van der Waals surface area contributed by atoms with Crippen LogP contribution in [-0.4, -0.2) is 24.0 Å². The van der Waals surface area contributed by atoms with Gasteiger partial charge in [0, 0.05) is 0 Å². The van der Waals surface area contributed by atoms with Crippen LogP contribution in [0, 0.1) is 0 Å². The summed E-state index contributed by atoms with van der Waals surface area (Å²) in [5.74, 6) is 0.414. The van der Waals surface area contributed by atoms with Gasteiger partial charge in [-0.05, 0) is 17.7 Å². The molecule has 17 heavy (non-hydrogen) atoms. The van der Waals surface area contributed by atoms with Crippen molar-refractivity contribution in [3.63, 3.8) is 0 Å². The number of rotatable bonds is 5. The molecule has 0 fully saturated rings. The van der Waals surface area contributed by atoms with Crippen LogP contribution in [-0.2, 0) is 0 Å². The van der Waals surface area contributed by atoms with Gasteiger partial charge in [0.05, 0.1) is 12.5 Å². The SMILES string of the molecule is C=Cc1ccc(OCC(O)CC(F)(F)F)cc1. The van der Waals surface area contributed by atoms with Crippen molar-refractivity contribution in [3.8, 4) is 5.75 Å². The molecule has 0 aliphatic carbocycles. The van der Waals surface area contributed by atoms with Gasteiger partial charge in [-0.3, -0.25) is 0 Å². The van der Waals surface area contributed by atoms with Gasteiger partial charge in [0.2, 0.25) is 0 Å². The molecule has 0 saturated heterocycles. The number of hydrogen-bond donors (Lipinski definition) is 1. The average molecular weight is 246 g/mol. The Morgan fingerprint density at radius 2 is 1.88 bits per heavy atom. The van der Waals surface area contributed by atoms with Crippen molar-refractivity contribution in [2.45, 2.75) is 18.7 Å². The molecule has 0 aliphatic heterocycles. The van der Waals surface area contributed by atoms with E-state index in [9.17, 15) is 13.2 Å². The zero-order valence-electron chi connectivity index (χ0n) is 9.07. The van der Waals surface area contributed by atoms with Crippen LogP contribution in [0.15, 0.2) is 30.8 Å². The smallest absolute Gasteiger partial charge is 0.391 e. The maximum Gasteiger partial charge on any atom is 0.391 e. The molecule has 1 aromatic rings. The van der Waals surface area contributed by atoms with Crippen LogP contribution in [0.1, 0.15) is 12.0 Å². The predicted molar refractivity (Wildman–Crippen MR) is 58.7 cm³/mol. The fourth-order valence-electron chi connectivity index (χ4n) is 1.22. The fourth-order valence-corrected chi connectivity index (χ4v) is 1.22. The average Bonchev–Trinajstić information content (AvgIpc) is 2.25. The van der Waals surface area contributed by atoms with Gasteiger partial charge in [-0.1, -0.05) is 24.8 Å². The first kappa shape index (κ1) is 13.6. The quantitative estimate of drug-likeness (QED) is 0.865. The summed E-state index contributed by atoms with van der Waals surface area (Å²) >= 11 is 0. The zero-order chi connectivity index (χ0) is 12.9. The Morgan fingerprint density at radius 1 is 1.29 bits per heavy atom. The molecular formula is C12H13F3O2. The lowest BCUT2D eigenvalue weighted by Crippen LogP contribution is -2.25. The standard InChI is InChI=1S/C12H13F3O2/c1-2-9-3-5-11(6-4-9)17-8-10(16)7-12(13,14)15/h2-6,10,16H,1,7-8H2. The predicted octanol–water partition coefficient (Wildman–Crippen LogP) is 3.02. The molecule has 1 aromatic carbocycles. The van der Waals surface area contributed by atoms with Crippen LogP contribution in [0.2, 0.25) is 0 Å². The molecule has 0 aliphatic rings. The zero-order valence-corrected chi connectivity index (χ0v) is 9.07. The molecule has 0 radical (unpaired) electrons. The highest BCUT2D eigenvalue weighted by Crippen LogP contribution is 2.22. The maximum absolute atomic E-state index is 11.9. The third-order valence-electron chi connectivity index (χ3n) is 2.03. The number of aliphatic hydroxyl groups is 1. The summed E-state index contributed by atoms with van der Waals surface area (Å²) in [6, 6.07) is 6.66. The van der Waals surface area contributed by atoms with E-state index in [0.717, 1.165) is 5.56 Å². The van der Waals surface area contributed by atoms with Crippen molar-refractivity contribution in [1.82, 2.24) is 0 Å². The summed E-state index contributed by atoms with van der Waals surface area (Å²) in [4.78, 5) is 0. The van der Waals surface area contributed by atoms with Gasteiger partial charge in [0.25, 0.3) is 0 Å². The minimum absolute atomic E-state index is 0.382. The molecule has 1 rings (SSSR count). The van der Waals surface area contributed by atoms with Crippen LogP contribution in [0.3, 0.4) is 0 Å². The van der Waals surface area contributed by atoms with E-state index in [1.165, 1.54) is 0 Å². The summed E-state index contributed by atoms with van der Waals surface area (Å²) in [7, 11) is 0. The van der Waals surface area contributed by atoms with E-state index in [1.807, 2.05) is 0 Å². The highest BCUT2D eigenvalue weighted by molar-refractivity contribution is 5.48. The number of alkyl halides is 3. The molecule has 0 aromatic heterocycles. The Kier molecular flexibility index (Phi) is 4.57. The summed E-state index contributed by atoms with van der Waals surface area (Å²) in [6.45, 7) is 3.19. The molecule has 0 bridgehead atoms. The summed E-state index contributed by atoms with van der Waals surface area (Å²) in [6.07, 6.45) is -5.55. The lowest BCUT2D eigenvalue weighted by atomic mass is 10.2. The maximum atomic E-state index is 11.9. The molecule has 1 atom stereocenters. The molecular weight excluding hydrogens is 233 g/mol. The molecule has 1 unspecified atom stereocenters. The molecule has 0 amide bonds. The van der Waals surface area contributed by atoms with Gasteiger partial charge in [-0.15, -0.1) is 0 Å². The van der Waals surface area contributed by atoms with Crippen molar-refractivity contribution in [3.05, 3.63) is 36.4 Å². The Labute approximate surface area is 97.3 Å².